The lowest BCUT2D eigenvalue weighted by atomic mass is 9.82. The standard InChI is InChI=1S/C41H42ClN5O6Si/c1-26-39(54(2,3)51)37(18-19-45-23-33(43-44-45)31(24-48)28-11-5-4-6-12-28)53-41(26)32-21-29(42)16-17-34(32)46(40(41)50)22-27-10-9-13-30(20-27)47-35-14-7-8-15-36(35)52-25-38(47)49/h4-17,20-21,23,26,31,37,39,48,51H,18-19,22,24-25H2,1-3H3/t26-,31?,37+,39-,41+/m1/s1. The Morgan fingerprint density at radius 3 is 2.54 bits per heavy atom. The van der Waals surface area contributed by atoms with Gasteiger partial charge in [-0.15, -0.1) is 5.10 Å². The van der Waals surface area contributed by atoms with Gasteiger partial charge >= 0.3 is 0 Å². The van der Waals surface area contributed by atoms with Crippen LogP contribution in [0.15, 0.2) is 103 Å². The summed E-state index contributed by atoms with van der Waals surface area (Å²) in [6.07, 6.45) is 1.85. The maximum atomic E-state index is 15.0. The number of hydrogen-bond donors (Lipinski definition) is 2. The molecule has 3 aliphatic heterocycles. The maximum Gasteiger partial charge on any atom is 0.269 e. The summed E-state index contributed by atoms with van der Waals surface area (Å²) in [7, 11) is -2.92. The zero-order valence-corrected chi connectivity index (χ0v) is 32.1. The van der Waals surface area contributed by atoms with Crippen molar-refractivity contribution in [3.8, 4) is 5.75 Å². The Morgan fingerprint density at radius 1 is 0.981 bits per heavy atom. The van der Waals surface area contributed by atoms with Gasteiger partial charge in [-0.2, -0.15) is 0 Å². The number of aliphatic hydroxyl groups excluding tert-OH is 1. The number of aromatic nitrogens is 3. The Hall–Kier alpha value is -4.85. The summed E-state index contributed by atoms with van der Waals surface area (Å²) >= 11 is 6.63. The molecular formula is C41H42ClN5O6Si. The first-order valence-electron chi connectivity index (χ1n) is 18.2. The highest BCUT2D eigenvalue weighted by molar-refractivity contribution is 6.71. The quantitative estimate of drug-likeness (QED) is 0.153. The van der Waals surface area contributed by atoms with E-state index in [0.717, 1.165) is 11.1 Å². The van der Waals surface area contributed by atoms with Crippen molar-refractivity contribution < 1.29 is 29.0 Å². The second-order valence-corrected chi connectivity index (χ2v) is 19.3. The molecular weight excluding hydrogens is 722 g/mol. The second kappa shape index (κ2) is 14.1. The molecule has 1 spiro atoms. The molecule has 3 aliphatic rings. The molecule has 0 radical (unpaired) electrons. The molecule has 0 aliphatic carbocycles. The van der Waals surface area contributed by atoms with Crippen LogP contribution in [0.3, 0.4) is 0 Å². The third kappa shape index (κ3) is 6.21. The Kier molecular flexibility index (Phi) is 9.43. The van der Waals surface area contributed by atoms with Gasteiger partial charge in [0.15, 0.2) is 20.5 Å². The molecule has 0 bridgehead atoms. The van der Waals surface area contributed by atoms with E-state index in [2.05, 4.69) is 10.3 Å². The number of hydrogen-bond acceptors (Lipinski definition) is 8. The summed E-state index contributed by atoms with van der Waals surface area (Å²) in [5.74, 6) is -0.456. The highest BCUT2D eigenvalue weighted by atomic mass is 35.5. The molecule has 2 amide bonds. The van der Waals surface area contributed by atoms with E-state index in [-0.39, 0.29) is 48.9 Å². The molecule has 54 heavy (non-hydrogen) atoms. The SMILES string of the molecule is C[C@@H]1[C@@H]([Si](C)(C)O)[C@H](CCn2cc(C(CO)c3ccccc3)nn2)O[C@@]12C(=O)N(Cc1cccc(N3C(=O)COc4ccccc43)c1)c1ccc(Cl)cc12. The van der Waals surface area contributed by atoms with Crippen molar-refractivity contribution in [3.05, 3.63) is 131 Å². The van der Waals surface area contributed by atoms with Crippen molar-refractivity contribution in [2.45, 2.75) is 62.7 Å². The number of ether oxygens (including phenoxy) is 2. The minimum atomic E-state index is -2.92. The number of halogens is 1. The van der Waals surface area contributed by atoms with Crippen LogP contribution in [0, 0.1) is 5.92 Å². The summed E-state index contributed by atoms with van der Waals surface area (Å²) in [4.78, 5) is 43.3. The molecule has 5 aromatic rings. The summed E-state index contributed by atoms with van der Waals surface area (Å²) in [6, 6.07) is 30.2. The number of rotatable bonds is 10. The molecule has 11 nitrogen and oxygen atoms in total. The molecule has 1 unspecified atom stereocenters. The first kappa shape index (κ1) is 36.1. The fourth-order valence-electron chi connectivity index (χ4n) is 8.74. The van der Waals surface area contributed by atoms with Gasteiger partial charge in [0, 0.05) is 40.5 Å². The second-order valence-electron chi connectivity index (χ2n) is 14.9. The number of anilines is 3. The number of aliphatic hydroxyl groups is 1. The number of para-hydroxylation sites is 2. The molecule has 1 aromatic heterocycles. The van der Waals surface area contributed by atoms with Crippen LogP contribution >= 0.6 is 11.6 Å². The third-order valence-corrected chi connectivity index (χ3v) is 13.8. The minimum Gasteiger partial charge on any atom is -0.482 e. The Bertz CT molecular complexity index is 2210. The van der Waals surface area contributed by atoms with Crippen LogP contribution in [-0.4, -0.2) is 64.3 Å². The molecule has 1 saturated heterocycles. The van der Waals surface area contributed by atoms with Crippen molar-refractivity contribution in [2.24, 2.45) is 5.92 Å². The van der Waals surface area contributed by atoms with Gasteiger partial charge in [0.05, 0.1) is 42.2 Å². The number of amides is 2. The van der Waals surface area contributed by atoms with Gasteiger partial charge in [-0.05, 0) is 73.1 Å². The van der Waals surface area contributed by atoms with E-state index in [1.54, 1.807) is 20.5 Å². The molecule has 5 atom stereocenters. The van der Waals surface area contributed by atoms with Crippen LogP contribution in [0.5, 0.6) is 5.75 Å². The number of carbonyl (C=O) groups is 2. The highest BCUT2D eigenvalue weighted by Gasteiger charge is 2.66. The van der Waals surface area contributed by atoms with Crippen molar-refractivity contribution >= 4 is 48.8 Å². The van der Waals surface area contributed by atoms with Gasteiger partial charge in [-0.3, -0.25) is 19.2 Å². The highest BCUT2D eigenvalue weighted by Crippen LogP contribution is 2.60. The van der Waals surface area contributed by atoms with Crippen LogP contribution in [0.2, 0.25) is 23.7 Å². The van der Waals surface area contributed by atoms with E-state index in [9.17, 15) is 14.7 Å². The average molecular weight is 764 g/mol. The molecule has 1 fully saturated rings. The molecule has 13 heteroatoms. The summed E-state index contributed by atoms with van der Waals surface area (Å²) in [5.41, 5.74) is 3.48. The number of aryl methyl sites for hydroxylation is 1. The van der Waals surface area contributed by atoms with E-state index in [1.165, 1.54) is 0 Å². The van der Waals surface area contributed by atoms with Crippen LogP contribution in [0.25, 0.3) is 0 Å². The van der Waals surface area contributed by atoms with E-state index >= 15 is 4.79 Å². The predicted molar refractivity (Wildman–Crippen MR) is 207 cm³/mol. The topological polar surface area (TPSA) is 130 Å². The van der Waals surface area contributed by atoms with E-state index < -0.39 is 20.0 Å². The lowest BCUT2D eigenvalue weighted by molar-refractivity contribution is -0.146. The first-order chi connectivity index (χ1) is 26.0. The Morgan fingerprint density at radius 2 is 1.76 bits per heavy atom. The van der Waals surface area contributed by atoms with E-state index in [0.29, 0.717) is 52.1 Å². The molecule has 8 rings (SSSR count). The fraction of sp³-hybridized carbons (Fsp3) is 0.317. The van der Waals surface area contributed by atoms with Gasteiger partial charge in [0.2, 0.25) is 0 Å². The minimum absolute atomic E-state index is 0.0699. The van der Waals surface area contributed by atoms with E-state index in [1.807, 2.05) is 117 Å². The molecule has 4 heterocycles. The van der Waals surface area contributed by atoms with Gasteiger partial charge < -0.3 is 24.3 Å². The number of nitrogens with zero attached hydrogens (tertiary/aromatic N) is 5. The van der Waals surface area contributed by atoms with Crippen molar-refractivity contribution in [3.63, 3.8) is 0 Å². The number of benzene rings is 4. The first-order valence-corrected chi connectivity index (χ1v) is 21.6. The number of carbonyl (C=O) groups excluding carboxylic acids is 2. The van der Waals surface area contributed by atoms with Crippen molar-refractivity contribution in [1.82, 2.24) is 15.0 Å². The summed E-state index contributed by atoms with van der Waals surface area (Å²) in [5, 5.41) is 19.4. The number of fused-ring (bicyclic) bond motifs is 3. The Labute approximate surface area is 319 Å². The van der Waals surface area contributed by atoms with Crippen LogP contribution < -0.4 is 14.5 Å². The zero-order chi connectivity index (χ0) is 37.8. The van der Waals surface area contributed by atoms with Crippen molar-refractivity contribution in [1.29, 1.82) is 0 Å². The van der Waals surface area contributed by atoms with Gasteiger partial charge in [0.1, 0.15) is 5.75 Å². The summed E-state index contributed by atoms with van der Waals surface area (Å²) in [6.45, 7) is 6.28. The molecule has 4 aromatic carbocycles. The average Bonchev–Trinajstić information content (AvgIpc) is 3.81. The van der Waals surface area contributed by atoms with Crippen LogP contribution in [0.4, 0.5) is 17.1 Å². The lowest BCUT2D eigenvalue weighted by Crippen LogP contribution is -2.46. The fourth-order valence-corrected chi connectivity index (χ4v) is 11.5. The smallest absolute Gasteiger partial charge is 0.269 e. The molecule has 2 N–H and O–H groups in total. The normalized spacial score (nSPS) is 22.7. The largest absolute Gasteiger partial charge is 0.482 e. The van der Waals surface area contributed by atoms with Gasteiger partial charge in [0.25, 0.3) is 11.8 Å². The maximum absolute atomic E-state index is 15.0. The van der Waals surface area contributed by atoms with Crippen LogP contribution in [-0.2, 0) is 33.0 Å². The van der Waals surface area contributed by atoms with Gasteiger partial charge in [-0.25, -0.2) is 0 Å². The summed E-state index contributed by atoms with van der Waals surface area (Å²) < 4.78 is 14.4. The zero-order valence-electron chi connectivity index (χ0n) is 30.3. The predicted octanol–water partition coefficient (Wildman–Crippen LogP) is 6.55. The van der Waals surface area contributed by atoms with Gasteiger partial charge in [-0.1, -0.05) is 78.3 Å². The lowest BCUT2D eigenvalue weighted by Gasteiger charge is -2.32. The van der Waals surface area contributed by atoms with Crippen molar-refractivity contribution in [2.75, 3.05) is 23.0 Å². The monoisotopic (exact) mass is 763 g/mol. The third-order valence-electron chi connectivity index (χ3n) is 11.1. The van der Waals surface area contributed by atoms with Crippen LogP contribution in [0.1, 0.15) is 41.6 Å². The Balaban J connectivity index is 1.08. The van der Waals surface area contributed by atoms with E-state index in [4.69, 9.17) is 21.1 Å². The molecule has 278 valence electrons. The molecule has 0 saturated carbocycles.